The monoisotopic (exact) mass is 241 g/mol. The third kappa shape index (κ3) is 2.96. The molecule has 1 unspecified atom stereocenters. The predicted octanol–water partition coefficient (Wildman–Crippen LogP) is 3.41. The highest BCUT2D eigenvalue weighted by atomic mass is 35.5. The lowest BCUT2D eigenvalue weighted by Crippen LogP contribution is -2.33. The lowest BCUT2D eigenvalue weighted by molar-refractivity contribution is 0.463. The van der Waals surface area contributed by atoms with Crippen molar-refractivity contribution in [2.75, 3.05) is 6.54 Å². The zero-order valence-corrected chi connectivity index (χ0v) is 10.2. The molecule has 0 aliphatic heterocycles. The van der Waals surface area contributed by atoms with E-state index in [1.165, 1.54) is 18.9 Å². The Hall–Kier alpha value is -0.600. The second-order valence-corrected chi connectivity index (χ2v) is 4.88. The number of halogens is 2. The van der Waals surface area contributed by atoms with E-state index in [-0.39, 0.29) is 5.82 Å². The van der Waals surface area contributed by atoms with Gasteiger partial charge in [0.2, 0.25) is 0 Å². The van der Waals surface area contributed by atoms with E-state index in [9.17, 15) is 4.39 Å². The first-order valence-electron chi connectivity index (χ1n) is 5.88. The van der Waals surface area contributed by atoms with Crippen LogP contribution in [0.5, 0.6) is 0 Å². The van der Waals surface area contributed by atoms with E-state index in [1.807, 2.05) is 0 Å². The Morgan fingerprint density at radius 1 is 1.50 bits per heavy atom. The van der Waals surface area contributed by atoms with Gasteiger partial charge in [-0.05, 0) is 55.5 Å². The average Bonchev–Trinajstić information content (AvgIpc) is 3.06. The van der Waals surface area contributed by atoms with Crippen molar-refractivity contribution in [3.8, 4) is 0 Å². The van der Waals surface area contributed by atoms with Gasteiger partial charge in [-0.25, -0.2) is 4.39 Å². The minimum Gasteiger partial charge on any atom is -0.314 e. The van der Waals surface area contributed by atoms with E-state index >= 15 is 0 Å². The topological polar surface area (TPSA) is 12.0 Å². The first-order valence-corrected chi connectivity index (χ1v) is 6.25. The van der Waals surface area contributed by atoms with Crippen molar-refractivity contribution in [2.45, 2.75) is 32.2 Å². The summed E-state index contributed by atoms with van der Waals surface area (Å²) in [5.41, 5.74) is 0.727. The molecule has 2 rings (SSSR count). The van der Waals surface area contributed by atoms with E-state index in [2.05, 4.69) is 12.2 Å². The molecular formula is C13H17ClFN. The number of rotatable bonds is 5. The maximum atomic E-state index is 13.6. The molecule has 0 aromatic heterocycles. The summed E-state index contributed by atoms with van der Waals surface area (Å²) in [7, 11) is 0. The fourth-order valence-electron chi connectivity index (χ4n) is 2.10. The molecule has 0 amide bonds. The Bertz CT molecular complexity index is 363. The van der Waals surface area contributed by atoms with Crippen LogP contribution in [0.4, 0.5) is 4.39 Å². The van der Waals surface area contributed by atoms with Gasteiger partial charge in [-0.15, -0.1) is 0 Å². The highest BCUT2D eigenvalue weighted by molar-refractivity contribution is 6.30. The molecule has 1 fully saturated rings. The van der Waals surface area contributed by atoms with Gasteiger partial charge in [0.05, 0.1) is 0 Å². The maximum Gasteiger partial charge on any atom is 0.126 e. The van der Waals surface area contributed by atoms with Gasteiger partial charge in [0.1, 0.15) is 5.82 Å². The van der Waals surface area contributed by atoms with Crippen LogP contribution in [0.2, 0.25) is 5.02 Å². The van der Waals surface area contributed by atoms with Crippen molar-refractivity contribution >= 4 is 11.6 Å². The fourth-order valence-corrected chi connectivity index (χ4v) is 2.30. The Morgan fingerprint density at radius 2 is 2.25 bits per heavy atom. The van der Waals surface area contributed by atoms with Crippen LogP contribution >= 0.6 is 11.6 Å². The minimum absolute atomic E-state index is 0.145. The number of hydrogen-bond acceptors (Lipinski definition) is 1. The van der Waals surface area contributed by atoms with Gasteiger partial charge < -0.3 is 5.32 Å². The van der Waals surface area contributed by atoms with Gasteiger partial charge in [0.15, 0.2) is 0 Å². The quantitative estimate of drug-likeness (QED) is 0.833. The summed E-state index contributed by atoms with van der Waals surface area (Å²) in [6.45, 7) is 3.02. The van der Waals surface area contributed by atoms with Crippen molar-refractivity contribution in [3.63, 3.8) is 0 Å². The standard InChI is InChI=1S/C13H17ClFN/c1-2-16-13(9-3-4-9)8-10-7-11(14)5-6-12(10)15/h5-7,9,13,16H,2-4,8H2,1H3. The van der Waals surface area contributed by atoms with Crippen LogP contribution in [0.15, 0.2) is 18.2 Å². The van der Waals surface area contributed by atoms with Crippen LogP contribution < -0.4 is 5.32 Å². The summed E-state index contributed by atoms with van der Waals surface area (Å²) in [6.07, 6.45) is 3.27. The van der Waals surface area contributed by atoms with E-state index in [4.69, 9.17) is 11.6 Å². The molecule has 1 aliphatic rings. The molecule has 1 nitrogen and oxygen atoms in total. The number of likely N-dealkylation sites (N-methyl/N-ethyl adjacent to an activating group) is 1. The van der Waals surface area contributed by atoms with Gasteiger partial charge in [-0.3, -0.25) is 0 Å². The number of benzene rings is 1. The summed E-state index contributed by atoms with van der Waals surface area (Å²) >= 11 is 5.89. The van der Waals surface area contributed by atoms with Crippen LogP contribution in [0.25, 0.3) is 0 Å². The van der Waals surface area contributed by atoms with E-state index in [0.717, 1.165) is 24.4 Å². The second kappa shape index (κ2) is 5.15. The zero-order valence-electron chi connectivity index (χ0n) is 9.47. The van der Waals surface area contributed by atoms with Gasteiger partial charge in [-0.2, -0.15) is 0 Å². The molecular weight excluding hydrogens is 225 g/mol. The SMILES string of the molecule is CCNC(Cc1cc(Cl)ccc1F)C1CC1. The van der Waals surface area contributed by atoms with Crippen LogP contribution in [0.3, 0.4) is 0 Å². The Labute approximate surface area is 101 Å². The highest BCUT2D eigenvalue weighted by Crippen LogP contribution is 2.34. The third-order valence-corrected chi connectivity index (χ3v) is 3.34. The minimum atomic E-state index is -0.145. The van der Waals surface area contributed by atoms with Gasteiger partial charge >= 0.3 is 0 Å². The van der Waals surface area contributed by atoms with Gasteiger partial charge in [0.25, 0.3) is 0 Å². The van der Waals surface area contributed by atoms with Crippen molar-refractivity contribution in [1.29, 1.82) is 0 Å². The lowest BCUT2D eigenvalue weighted by atomic mass is 10.0. The molecule has 1 atom stereocenters. The summed E-state index contributed by atoms with van der Waals surface area (Å²) in [5.74, 6) is 0.575. The number of hydrogen-bond donors (Lipinski definition) is 1. The van der Waals surface area contributed by atoms with E-state index < -0.39 is 0 Å². The third-order valence-electron chi connectivity index (χ3n) is 3.10. The molecule has 0 radical (unpaired) electrons. The fraction of sp³-hybridized carbons (Fsp3) is 0.538. The van der Waals surface area contributed by atoms with Crippen LogP contribution in [0.1, 0.15) is 25.3 Å². The van der Waals surface area contributed by atoms with Crippen molar-refractivity contribution in [3.05, 3.63) is 34.6 Å². The Morgan fingerprint density at radius 3 is 2.88 bits per heavy atom. The molecule has 1 aliphatic carbocycles. The molecule has 3 heteroatoms. The molecule has 0 saturated heterocycles. The largest absolute Gasteiger partial charge is 0.314 e. The van der Waals surface area contributed by atoms with Crippen molar-refractivity contribution in [1.82, 2.24) is 5.32 Å². The summed E-state index contributed by atoms with van der Waals surface area (Å²) in [4.78, 5) is 0. The zero-order chi connectivity index (χ0) is 11.5. The molecule has 1 N–H and O–H groups in total. The smallest absolute Gasteiger partial charge is 0.126 e. The lowest BCUT2D eigenvalue weighted by Gasteiger charge is -2.17. The van der Waals surface area contributed by atoms with Crippen LogP contribution in [-0.2, 0) is 6.42 Å². The molecule has 16 heavy (non-hydrogen) atoms. The van der Waals surface area contributed by atoms with Crippen LogP contribution in [0, 0.1) is 11.7 Å². The van der Waals surface area contributed by atoms with Crippen molar-refractivity contribution < 1.29 is 4.39 Å². The molecule has 0 bridgehead atoms. The average molecular weight is 242 g/mol. The molecule has 1 saturated carbocycles. The van der Waals surface area contributed by atoms with E-state index in [0.29, 0.717) is 11.1 Å². The second-order valence-electron chi connectivity index (χ2n) is 4.44. The maximum absolute atomic E-state index is 13.6. The molecule has 88 valence electrons. The Balaban J connectivity index is 2.08. The predicted molar refractivity (Wildman–Crippen MR) is 65.3 cm³/mol. The molecule has 0 heterocycles. The van der Waals surface area contributed by atoms with E-state index in [1.54, 1.807) is 12.1 Å². The highest BCUT2D eigenvalue weighted by Gasteiger charge is 2.31. The number of nitrogens with one attached hydrogen (secondary N) is 1. The molecule has 1 aromatic carbocycles. The van der Waals surface area contributed by atoms with Crippen LogP contribution in [-0.4, -0.2) is 12.6 Å². The first kappa shape index (κ1) is 11.9. The molecule has 1 aromatic rings. The van der Waals surface area contributed by atoms with Gasteiger partial charge in [0, 0.05) is 11.1 Å². The molecule has 0 spiro atoms. The first-order chi connectivity index (χ1) is 7.70. The summed E-state index contributed by atoms with van der Waals surface area (Å²) in [6, 6.07) is 5.19. The normalized spacial score (nSPS) is 17.4. The summed E-state index contributed by atoms with van der Waals surface area (Å²) in [5, 5.41) is 4.04. The summed E-state index contributed by atoms with van der Waals surface area (Å²) < 4.78 is 13.6. The van der Waals surface area contributed by atoms with Crippen molar-refractivity contribution in [2.24, 2.45) is 5.92 Å². The van der Waals surface area contributed by atoms with Gasteiger partial charge in [-0.1, -0.05) is 18.5 Å². The Kier molecular flexibility index (Phi) is 3.82.